The van der Waals surface area contributed by atoms with Crippen LogP contribution in [0.2, 0.25) is 0 Å². The summed E-state index contributed by atoms with van der Waals surface area (Å²) in [5.41, 5.74) is 1.22. The van der Waals surface area contributed by atoms with Crippen molar-refractivity contribution < 1.29 is 31.9 Å². The lowest BCUT2D eigenvalue weighted by molar-refractivity contribution is -0.146. The highest BCUT2D eigenvalue weighted by Gasteiger charge is 2.30. The van der Waals surface area contributed by atoms with Gasteiger partial charge in [0.15, 0.2) is 5.16 Å². The summed E-state index contributed by atoms with van der Waals surface area (Å²) in [5, 5.41) is 0.255. The predicted octanol–water partition coefficient (Wildman–Crippen LogP) is 6.62. The zero-order chi connectivity index (χ0) is 37.1. The Morgan fingerprint density at radius 2 is 1.61 bits per heavy atom. The number of halogens is 4. The monoisotopic (exact) mass is 727 g/mol. The van der Waals surface area contributed by atoms with Gasteiger partial charge in [0.25, 0.3) is 5.56 Å². The first-order valence-corrected chi connectivity index (χ1v) is 17.5. The molecule has 2 aromatic carbocycles. The van der Waals surface area contributed by atoms with E-state index in [1.165, 1.54) is 42.2 Å². The Kier molecular flexibility index (Phi) is 13.9. The van der Waals surface area contributed by atoms with Crippen LogP contribution in [-0.2, 0) is 45.8 Å². The van der Waals surface area contributed by atoms with Gasteiger partial charge in [-0.15, -0.1) is 0 Å². The van der Waals surface area contributed by atoms with Crippen LogP contribution in [0.1, 0.15) is 49.9 Å². The number of hydrogen-bond acceptors (Lipinski definition) is 8. The van der Waals surface area contributed by atoms with Crippen LogP contribution in [-0.4, -0.2) is 68.5 Å². The molecule has 0 saturated carbocycles. The summed E-state index contributed by atoms with van der Waals surface area (Å²) in [6, 6.07) is 14.1. The third-order valence-corrected chi connectivity index (χ3v) is 9.02. The topological polar surface area (TPSA) is 97.6 Å². The van der Waals surface area contributed by atoms with E-state index >= 15 is 0 Å². The minimum atomic E-state index is -4.44. The number of amides is 1. The molecule has 0 aliphatic carbocycles. The number of pyridine rings is 1. The molecule has 0 aliphatic heterocycles. The highest BCUT2D eigenvalue weighted by atomic mass is 32.2. The average Bonchev–Trinajstić information content (AvgIpc) is 3.09. The van der Waals surface area contributed by atoms with Crippen LogP contribution in [0, 0.1) is 5.82 Å². The number of ether oxygens (including phenoxy) is 1. The summed E-state index contributed by atoms with van der Waals surface area (Å²) in [6.07, 6.45) is -2.08. The van der Waals surface area contributed by atoms with E-state index in [1.54, 1.807) is 53.8 Å². The summed E-state index contributed by atoms with van der Waals surface area (Å²) >= 11 is 1.21. The lowest BCUT2D eigenvalue weighted by atomic mass is 10.1. The number of rotatable bonds is 16. The van der Waals surface area contributed by atoms with Crippen molar-refractivity contribution in [2.75, 3.05) is 26.2 Å². The van der Waals surface area contributed by atoms with E-state index < -0.39 is 23.3 Å². The highest BCUT2D eigenvalue weighted by Crippen LogP contribution is 2.30. The molecule has 4 rings (SSSR count). The molecule has 0 unspecified atom stereocenters. The van der Waals surface area contributed by atoms with Crippen molar-refractivity contribution in [3.63, 3.8) is 0 Å². The molecule has 0 N–H and O–H groups in total. The number of likely N-dealkylation sites (N-methyl/N-ethyl adjacent to an activating group) is 1. The minimum Gasteiger partial charge on any atom is -0.463 e. The molecule has 14 heteroatoms. The molecule has 0 bridgehead atoms. The zero-order valence-corrected chi connectivity index (χ0v) is 29.8. The lowest BCUT2D eigenvalue weighted by Crippen LogP contribution is -2.40. The van der Waals surface area contributed by atoms with Gasteiger partial charge >= 0.3 is 12.1 Å². The molecule has 0 spiro atoms. The van der Waals surface area contributed by atoms with E-state index in [2.05, 4.69) is 14.9 Å². The molecular formula is C37H41F4N5O4S. The van der Waals surface area contributed by atoms with Gasteiger partial charge in [-0.3, -0.25) is 19.4 Å². The summed E-state index contributed by atoms with van der Waals surface area (Å²) in [4.78, 5) is 52.1. The van der Waals surface area contributed by atoms with Crippen LogP contribution in [0.4, 0.5) is 17.6 Å². The minimum absolute atomic E-state index is 0.0809. The molecule has 0 radical (unpaired) electrons. The second-order valence-electron chi connectivity index (χ2n) is 12.1. The average molecular weight is 728 g/mol. The molecule has 1 amide bonds. The number of carbonyl (C=O) groups is 2. The number of alkyl halides is 3. The van der Waals surface area contributed by atoms with Crippen LogP contribution in [0.3, 0.4) is 0 Å². The molecule has 272 valence electrons. The first-order chi connectivity index (χ1) is 24.2. The maximum atomic E-state index is 14.1. The molecule has 9 nitrogen and oxygen atoms in total. The molecule has 2 heterocycles. The van der Waals surface area contributed by atoms with Crippen molar-refractivity contribution in [1.82, 2.24) is 24.3 Å². The van der Waals surface area contributed by atoms with Gasteiger partial charge < -0.3 is 19.1 Å². The Balaban J connectivity index is 1.60. The summed E-state index contributed by atoms with van der Waals surface area (Å²) < 4.78 is 59.4. The van der Waals surface area contributed by atoms with Crippen LogP contribution in [0.15, 0.2) is 83.0 Å². The number of hydrogen-bond donors (Lipinski definition) is 0. The van der Waals surface area contributed by atoms with Crippen molar-refractivity contribution in [3.05, 3.63) is 111 Å². The fraction of sp³-hybridized carbons (Fsp3) is 0.378. The van der Waals surface area contributed by atoms with E-state index in [0.717, 1.165) is 30.8 Å². The first kappa shape index (κ1) is 39.2. The van der Waals surface area contributed by atoms with Gasteiger partial charge in [0.2, 0.25) is 5.91 Å². The van der Waals surface area contributed by atoms with Gasteiger partial charge in [-0.25, -0.2) is 4.39 Å². The van der Waals surface area contributed by atoms with E-state index in [-0.39, 0.29) is 48.1 Å². The van der Waals surface area contributed by atoms with Crippen molar-refractivity contribution in [1.29, 1.82) is 0 Å². The van der Waals surface area contributed by atoms with Crippen molar-refractivity contribution in [3.8, 4) is 11.3 Å². The smallest absolute Gasteiger partial charge is 0.416 e. The van der Waals surface area contributed by atoms with Crippen molar-refractivity contribution in [2.45, 2.75) is 70.4 Å². The fourth-order valence-corrected chi connectivity index (χ4v) is 6.06. The molecule has 0 saturated heterocycles. The number of benzene rings is 2. The maximum Gasteiger partial charge on any atom is 0.416 e. The van der Waals surface area contributed by atoms with Crippen LogP contribution in [0.5, 0.6) is 0 Å². The summed E-state index contributed by atoms with van der Waals surface area (Å²) in [6.45, 7) is 10.00. The fourth-order valence-electron chi connectivity index (χ4n) is 5.14. The third kappa shape index (κ3) is 11.7. The SMILES string of the molecule is CCN(CC)CCN(Cc1ccc(-c2ccc(C(F)(F)F)cc2)nc1)C(=O)Cn1cc(CC(=O)OC(C)C)c(=O)nc1SCc1ccc(F)cc1. The molecule has 0 fully saturated rings. The van der Waals surface area contributed by atoms with Crippen molar-refractivity contribution >= 4 is 23.6 Å². The zero-order valence-electron chi connectivity index (χ0n) is 29.0. The standard InChI is InChI=1S/C37H41F4N5O4S/c1-5-44(6-2)17-18-45(21-27-9-16-32(42-20-27)28-10-12-30(13-11-28)37(39,40)41)33(47)23-46-22-29(19-34(48)50-25(3)4)35(49)43-36(46)51-24-26-7-14-31(38)15-8-26/h7-16,20,22,25H,5-6,17-19,21,23-24H2,1-4H3. The quantitative estimate of drug-likeness (QED) is 0.0550. The molecule has 4 aromatic rings. The molecule has 0 atom stereocenters. The number of esters is 1. The third-order valence-electron chi connectivity index (χ3n) is 7.96. The van der Waals surface area contributed by atoms with Gasteiger partial charge in [0.1, 0.15) is 12.4 Å². The predicted molar refractivity (Wildman–Crippen MR) is 187 cm³/mol. The van der Waals surface area contributed by atoms with Crippen molar-refractivity contribution in [2.24, 2.45) is 0 Å². The molecule has 0 aliphatic rings. The summed E-state index contributed by atoms with van der Waals surface area (Å²) in [7, 11) is 0. The van der Waals surface area contributed by atoms with Gasteiger partial charge in [-0.05, 0) is 68.4 Å². The van der Waals surface area contributed by atoms with Gasteiger partial charge in [-0.2, -0.15) is 18.2 Å². The normalized spacial score (nSPS) is 11.6. The maximum absolute atomic E-state index is 14.1. The van der Waals surface area contributed by atoms with Gasteiger partial charge in [0, 0.05) is 48.9 Å². The molecule has 2 aromatic heterocycles. The van der Waals surface area contributed by atoms with E-state index in [1.807, 2.05) is 13.8 Å². The summed E-state index contributed by atoms with van der Waals surface area (Å²) in [5.74, 6) is -0.908. The molecule has 51 heavy (non-hydrogen) atoms. The Morgan fingerprint density at radius 1 is 0.941 bits per heavy atom. The highest BCUT2D eigenvalue weighted by molar-refractivity contribution is 7.98. The van der Waals surface area contributed by atoms with Gasteiger partial charge in [0.05, 0.1) is 23.8 Å². The van der Waals surface area contributed by atoms with E-state index in [4.69, 9.17) is 4.74 Å². The van der Waals surface area contributed by atoms with Gasteiger partial charge in [-0.1, -0.05) is 55.9 Å². The second-order valence-corrected chi connectivity index (χ2v) is 13.0. The number of carbonyl (C=O) groups excluding carboxylic acids is 2. The Hall–Kier alpha value is -4.56. The molecular weight excluding hydrogens is 686 g/mol. The Labute approximate surface area is 298 Å². The van der Waals surface area contributed by atoms with E-state index in [9.17, 15) is 31.9 Å². The second kappa shape index (κ2) is 18.1. The van der Waals surface area contributed by atoms with E-state index in [0.29, 0.717) is 35.7 Å². The largest absolute Gasteiger partial charge is 0.463 e. The Morgan fingerprint density at radius 3 is 2.20 bits per heavy atom. The Bertz CT molecular complexity index is 1810. The van der Waals surface area contributed by atoms with Crippen LogP contribution >= 0.6 is 11.8 Å². The number of nitrogens with zero attached hydrogens (tertiary/aromatic N) is 5. The first-order valence-electron chi connectivity index (χ1n) is 16.6. The number of aromatic nitrogens is 3. The van der Waals surface area contributed by atoms with Crippen LogP contribution in [0.25, 0.3) is 11.3 Å². The lowest BCUT2D eigenvalue weighted by Gasteiger charge is -2.27. The van der Waals surface area contributed by atoms with Crippen LogP contribution < -0.4 is 5.56 Å². The number of thioether (sulfide) groups is 1.